The minimum Gasteiger partial charge on any atom is -0.460 e. The highest BCUT2D eigenvalue weighted by atomic mass is 79.9. The van der Waals surface area contributed by atoms with Crippen LogP contribution in [-0.4, -0.2) is 214 Å². The number of benzene rings is 1. The van der Waals surface area contributed by atoms with Gasteiger partial charge in [0.2, 0.25) is 41.4 Å². The number of ketones is 4. The lowest BCUT2D eigenvalue weighted by molar-refractivity contribution is -0.155. The monoisotopic (exact) mass is 1780 g/mol. The van der Waals surface area contributed by atoms with Crippen molar-refractivity contribution in [1.82, 2.24) is 58.5 Å². The Hall–Kier alpha value is -8.86. The van der Waals surface area contributed by atoms with E-state index in [-0.39, 0.29) is 76.9 Å². The molecule has 13 atom stereocenters. The van der Waals surface area contributed by atoms with E-state index in [9.17, 15) is 63.0 Å². The van der Waals surface area contributed by atoms with E-state index in [1.165, 1.54) is 13.8 Å². The predicted molar refractivity (Wildman–Crippen MR) is 455 cm³/mol. The van der Waals surface area contributed by atoms with Crippen LogP contribution in [0.1, 0.15) is 267 Å². The third kappa shape index (κ3) is 47.4. The molecule has 35 heteroatoms. The molecule has 0 aromatic heterocycles. The molecule has 1 aromatic rings. The van der Waals surface area contributed by atoms with Crippen LogP contribution in [0.2, 0.25) is 0 Å². The topological polar surface area (TPSA) is 492 Å². The van der Waals surface area contributed by atoms with E-state index in [1.807, 2.05) is 0 Å². The zero-order valence-corrected chi connectivity index (χ0v) is 76.8. The molecule has 1 heterocycles. The van der Waals surface area contributed by atoms with E-state index in [0.717, 1.165) is 19.3 Å². The van der Waals surface area contributed by atoms with Gasteiger partial charge in [-0.1, -0.05) is 75.0 Å². The van der Waals surface area contributed by atoms with Crippen LogP contribution in [0.15, 0.2) is 28.7 Å². The Kier molecular flexibility index (Phi) is 46.4. The number of rotatable bonds is 37. The second-order valence-electron chi connectivity index (χ2n) is 36.8. The van der Waals surface area contributed by atoms with Crippen LogP contribution in [0, 0.1) is 35.5 Å². The summed E-state index contributed by atoms with van der Waals surface area (Å²) in [7, 11) is 0. The third-order valence-corrected chi connectivity index (χ3v) is 19.6. The van der Waals surface area contributed by atoms with Crippen molar-refractivity contribution in [2.45, 2.75) is 344 Å². The zero-order valence-electron chi connectivity index (χ0n) is 75.2. The van der Waals surface area contributed by atoms with Gasteiger partial charge in [0.05, 0.1) is 48.2 Å². The molecule has 1 saturated heterocycles. The van der Waals surface area contributed by atoms with Gasteiger partial charge in [-0.2, -0.15) is 0 Å². The summed E-state index contributed by atoms with van der Waals surface area (Å²) in [5.74, 6) is -16.5. The molecule has 0 saturated carbocycles. The van der Waals surface area contributed by atoms with Gasteiger partial charge in [0.15, 0.2) is 23.1 Å². The van der Waals surface area contributed by atoms with Crippen LogP contribution >= 0.6 is 15.9 Å². The number of halogens is 1. The van der Waals surface area contributed by atoms with Crippen molar-refractivity contribution in [1.29, 1.82) is 0 Å². The number of aliphatic hydroxyl groups excluding tert-OH is 2. The number of aliphatic hydroxyl groups is 2. The maximum Gasteiger partial charge on any atom is 0.407 e. The van der Waals surface area contributed by atoms with Crippen molar-refractivity contribution in [2.24, 2.45) is 35.5 Å². The first-order chi connectivity index (χ1) is 55.9. The van der Waals surface area contributed by atoms with E-state index in [4.69, 9.17) is 23.7 Å². The lowest BCUT2D eigenvalue weighted by Crippen LogP contribution is -2.57. The SMILES string of the molecule is CCC(C)CCCCC(=O)N[C@@H](CCNC(=O)OC(C)(C)C)C(=O)C[C@H](C(=O)N[C@@H](CCNC(=O)OC(C)(C)C)C(=O)C[C@H]1CCNC(=O)[C@H](C(C)O)CC(=O)[C@H](CCNC(=O)OC(C)(C)C)NC(=O)[C@H](CCCC(=O)OC(C)(C)C)NC(=O)[C@H](CC(C)C)NC(=O)[C@@H](Cc2ccc(Br)cc2)CC(=O)[C@H](CCNC(=O)OC(C)(C)C)NC1=O)C(C)O. The molecule has 11 amide bonds. The number of alkyl carbamates (subject to hydrolysis) is 4. The average Bonchev–Trinajstić information content (AvgIpc) is 1.33. The number of carbonyl (C=O) groups is 16. The molecular weight excluding hydrogens is 1630 g/mol. The van der Waals surface area contributed by atoms with E-state index in [0.29, 0.717) is 22.4 Å². The molecule has 3 unspecified atom stereocenters. The molecule has 686 valence electrons. The minimum absolute atomic E-state index is 0.0391. The van der Waals surface area contributed by atoms with Gasteiger partial charge < -0.3 is 92.4 Å². The maximum absolute atomic E-state index is 15.5. The summed E-state index contributed by atoms with van der Waals surface area (Å²) in [4.78, 5) is 230. The molecule has 0 aliphatic carbocycles. The zero-order chi connectivity index (χ0) is 92.1. The number of unbranched alkanes of at least 4 members (excludes halogenated alkanes) is 1. The summed E-state index contributed by atoms with van der Waals surface area (Å²) >= 11 is 3.43. The first kappa shape index (κ1) is 108. The Balaban J connectivity index is 3.13. The predicted octanol–water partition coefficient (Wildman–Crippen LogP) is 8.31. The fourth-order valence-electron chi connectivity index (χ4n) is 12.7. The van der Waals surface area contributed by atoms with Crippen molar-refractivity contribution < 1.29 is 111 Å². The van der Waals surface area contributed by atoms with Crippen molar-refractivity contribution in [3.05, 3.63) is 34.3 Å². The molecule has 0 radical (unpaired) electrons. The molecule has 1 aliphatic heterocycles. The number of Topliss-reactive ketones (excluding diaryl/α,β-unsaturated/α-hetero) is 4. The highest BCUT2D eigenvalue weighted by Crippen LogP contribution is 2.25. The Morgan fingerprint density at radius 2 is 0.942 bits per heavy atom. The lowest BCUT2D eigenvalue weighted by atomic mass is 9.88. The third-order valence-electron chi connectivity index (χ3n) is 19.1. The molecular formula is C86H142BrN11O23. The van der Waals surface area contributed by atoms with Gasteiger partial charge in [-0.3, -0.25) is 57.5 Å². The number of hydrogen-bond acceptors (Lipinski definition) is 23. The van der Waals surface area contributed by atoms with Gasteiger partial charge in [0.25, 0.3) is 0 Å². The number of amides is 11. The second kappa shape index (κ2) is 51.9. The van der Waals surface area contributed by atoms with Crippen LogP contribution in [0.4, 0.5) is 19.2 Å². The van der Waals surface area contributed by atoms with Gasteiger partial charge >= 0.3 is 30.3 Å². The van der Waals surface area contributed by atoms with Crippen molar-refractivity contribution in [3.63, 3.8) is 0 Å². The molecule has 34 nitrogen and oxygen atoms in total. The summed E-state index contributed by atoms with van der Waals surface area (Å²) in [5.41, 5.74) is -4.24. The van der Waals surface area contributed by atoms with Gasteiger partial charge in [-0.15, -0.1) is 0 Å². The number of ether oxygens (including phenoxy) is 5. The highest BCUT2D eigenvalue weighted by Gasteiger charge is 2.40. The molecule has 0 bridgehead atoms. The van der Waals surface area contributed by atoms with E-state index >= 15 is 24.0 Å². The standard InChI is InChI=1S/C86H142BrN11O23/c1-22-51(4)26-23-24-28-70(105)93-60(35-40-89-78(113)118-83(10,11)12)68(103)49-59(53(6)100)75(110)95-62(37-42-91-80(115)120-85(16,17)18)66(101)46-55-34-39-88-74(109)58(52(5)99)48-69(104)63(38-43-92-81(116)121-86(19,20)21)96-76(111)64(27-25-29-71(106)117-82(7,8)9)97-77(112)65(44-50(2)3)98-73(108)56(45-54-30-32-57(87)33-31-54)47-67(102)61(94-72(55)107)36-41-90-79(114)119-84(13,14)15/h30-33,50-53,55-56,58-65,99-100H,22-29,34-49H2,1-21H3,(H,88,109)(H,89,113)(H,90,114)(H,91,115)(H,92,116)(H,93,105)(H,94,107)(H,95,110)(H,96,111)(H,97,112)(H,98,108)/t51?,52?,53?,55-,56+,58+,59+,60+,61+,62+,63+,64+,65+/m1/s1. The molecule has 121 heavy (non-hydrogen) atoms. The minimum atomic E-state index is -1.70. The summed E-state index contributed by atoms with van der Waals surface area (Å²) < 4.78 is 27.9. The number of hydrogen-bond donors (Lipinski definition) is 13. The molecule has 1 aliphatic rings. The van der Waals surface area contributed by atoms with Crippen LogP contribution < -0.4 is 58.5 Å². The molecule has 2 rings (SSSR count). The van der Waals surface area contributed by atoms with Gasteiger partial charge in [0, 0.05) is 87.6 Å². The fraction of sp³-hybridized carbons (Fsp3) is 0.744. The normalized spacial score (nSPS) is 20.1. The van der Waals surface area contributed by atoms with Crippen molar-refractivity contribution >= 4 is 111 Å². The van der Waals surface area contributed by atoms with Crippen LogP contribution in [0.5, 0.6) is 0 Å². The Labute approximate surface area is 722 Å². The first-order valence-corrected chi connectivity index (χ1v) is 43.1. The smallest absolute Gasteiger partial charge is 0.407 e. The summed E-state index contributed by atoms with van der Waals surface area (Å²) in [6.07, 6.45) is -9.56. The first-order valence-electron chi connectivity index (χ1n) is 42.3. The van der Waals surface area contributed by atoms with Gasteiger partial charge in [-0.25, -0.2) is 19.2 Å². The Bertz CT molecular complexity index is 3600. The fourth-order valence-corrected chi connectivity index (χ4v) is 13.0. The highest BCUT2D eigenvalue weighted by molar-refractivity contribution is 9.10. The second-order valence-corrected chi connectivity index (χ2v) is 37.8. The summed E-state index contributed by atoms with van der Waals surface area (Å²) in [5, 5.41) is 51.9. The molecule has 1 fully saturated rings. The van der Waals surface area contributed by atoms with Crippen LogP contribution in [0.3, 0.4) is 0 Å². The Morgan fingerprint density at radius 3 is 1.41 bits per heavy atom. The van der Waals surface area contributed by atoms with E-state index in [1.54, 1.807) is 142 Å². The average molecular weight is 1780 g/mol. The molecule has 0 spiro atoms. The van der Waals surface area contributed by atoms with Gasteiger partial charge in [-0.05, 0) is 211 Å². The summed E-state index contributed by atoms with van der Waals surface area (Å²) in [6.45, 7) is 32.7. The number of nitrogens with one attached hydrogen (secondary N) is 11. The van der Waals surface area contributed by atoms with E-state index < -0.39 is 253 Å². The van der Waals surface area contributed by atoms with Crippen LogP contribution in [-0.2, 0) is 87.6 Å². The van der Waals surface area contributed by atoms with Crippen molar-refractivity contribution in [3.8, 4) is 0 Å². The Morgan fingerprint density at radius 1 is 0.496 bits per heavy atom. The molecule has 13 N–H and O–H groups in total. The van der Waals surface area contributed by atoms with Crippen LogP contribution in [0.25, 0.3) is 0 Å². The maximum atomic E-state index is 15.5. The number of esters is 1. The quantitative estimate of drug-likeness (QED) is 0.0169. The summed E-state index contributed by atoms with van der Waals surface area (Å²) in [6, 6.07) is -2.52. The lowest BCUT2D eigenvalue weighted by Gasteiger charge is -2.28. The largest absolute Gasteiger partial charge is 0.460 e. The van der Waals surface area contributed by atoms with Gasteiger partial charge in [0.1, 0.15) is 40.1 Å². The van der Waals surface area contributed by atoms with Crippen molar-refractivity contribution in [2.75, 3.05) is 32.7 Å². The molecule has 1 aromatic carbocycles. The number of carbonyl (C=O) groups excluding carboxylic acids is 16. The van der Waals surface area contributed by atoms with E-state index in [2.05, 4.69) is 88.3 Å².